The molecule has 2 aromatic rings. The Bertz CT molecular complexity index is 688. The van der Waals surface area contributed by atoms with Crippen LogP contribution >= 0.6 is 24.8 Å². The zero-order chi connectivity index (χ0) is 16.5. The van der Waals surface area contributed by atoms with E-state index in [0.717, 1.165) is 30.6 Å². The number of nitrogens with two attached hydrogens (primary N) is 1. The van der Waals surface area contributed by atoms with E-state index in [4.69, 9.17) is 5.73 Å². The molecule has 0 aliphatic heterocycles. The van der Waals surface area contributed by atoms with Crippen molar-refractivity contribution in [2.24, 2.45) is 23.5 Å². The van der Waals surface area contributed by atoms with Gasteiger partial charge in [0, 0.05) is 37.3 Å². The molecule has 4 rings (SSSR count). The van der Waals surface area contributed by atoms with Crippen molar-refractivity contribution in [3.8, 4) is 0 Å². The van der Waals surface area contributed by atoms with E-state index in [1.165, 1.54) is 19.3 Å². The Balaban J connectivity index is 0.00000121. The molecular weight excluding hydrogens is 371 g/mol. The number of carbonyl (C=O) groups is 1. The summed E-state index contributed by atoms with van der Waals surface area (Å²) in [5.41, 5.74) is 8.29. The zero-order valence-corrected chi connectivity index (χ0v) is 16.5. The van der Waals surface area contributed by atoms with Crippen LogP contribution in [-0.4, -0.2) is 27.9 Å². The van der Waals surface area contributed by atoms with Crippen LogP contribution < -0.4 is 11.1 Å². The van der Waals surface area contributed by atoms with Crippen LogP contribution in [0.4, 0.5) is 0 Å². The van der Waals surface area contributed by atoms with Gasteiger partial charge in [-0.2, -0.15) is 0 Å². The standard InChI is InChI=1S/C19H26N4O.2ClH/c20-18-13-4-3-5-14(18)11-15(10-13)19(24)21-8-7-16-12-23-9-2-1-6-17(23)22-16;;/h1-2,6,9,12-15,18H,3-5,7-8,10-11,20H2,(H,21,24);2*1H. The third-order valence-corrected chi connectivity index (χ3v) is 5.88. The summed E-state index contributed by atoms with van der Waals surface area (Å²) in [5.74, 6) is 1.46. The number of fused-ring (bicyclic) bond motifs is 3. The fourth-order valence-electron chi connectivity index (χ4n) is 4.57. The van der Waals surface area contributed by atoms with Gasteiger partial charge in [-0.1, -0.05) is 12.5 Å². The molecule has 2 bridgehead atoms. The van der Waals surface area contributed by atoms with Gasteiger partial charge in [-0.15, -0.1) is 24.8 Å². The minimum absolute atomic E-state index is 0. The molecule has 5 nitrogen and oxygen atoms in total. The van der Waals surface area contributed by atoms with Gasteiger partial charge in [0.1, 0.15) is 5.65 Å². The number of halogens is 2. The molecule has 26 heavy (non-hydrogen) atoms. The van der Waals surface area contributed by atoms with E-state index < -0.39 is 0 Å². The maximum absolute atomic E-state index is 12.5. The average Bonchev–Trinajstić information content (AvgIpc) is 2.97. The summed E-state index contributed by atoms with van der Waals surface area (Å²) in [6.07, 6.45) is 10.4. The number of nitrogens with one attached hydrogen (secondary N) is 1. The topological polar surface area (TPSA) is 72.4 Å². The van der Waals surface area contributed by atoms with Crippen LogP contribution in [0.3, 0.4) is 0 Å². The number of rotatable bonds is 4. The molecule has 2 aromatic heterocycles. The van der Waals surface area contributed by atoms with E-state index in [2.05, 4.69) is 10.3 Å². The summed E-state index contributed by atoms with van der Waals surface area (Å²) in [5, 5.41) is 3.12. The molecular formula is C19H28Cl2N4O. The summed E-state index contributed by atoms with van der Waals surface area (Å²) in [4.78, 5) is 17.1. The van der Waals surface area contributed by atoms with Crippen LogP contribution in [0.25, 0.3) is 5.65 Å². The summed E-state index contributed by atoms with van der Waals surface area (Å²) >= 11 is 0. The smallest absolute Gasteiger partial charge is 0.223 e. The van der Waals surface area contributed by atoms with E-state index in [0.29, 0.717) is 24.4 Å². The number of aromatic nitrogens is 2. The Hall–Kier alpha value is -1.30. The molecule has 2 saturated carbocycles. The van der Waals surface area contributed by atoms with Crippen molar-refractivity contribution in [1.29, 1.82) is 0 Å². The molecule has 0 aromatic carbocycles. The third kappa shape index (κ3) is 4.33. The molecule has 2 fully saturated rings. The number of hydrogen-bond donors (Lipinski definition) is 2. The van der Waals surface area contributed by atoms with Crippen LogP contribution in [0.1, 0.15) is 37.8 Å². The maximum atomic E-state index is 12.5. The van der Waals surface area contributed by atoms with Crippen molar-refractivity contribution in [3.63, 3.8) is 0 Å². The quantitative estimate of drug-likeness (QED) is 0.830. The normalized spacial score (nSPS) is 27.3. The summed E-state index contributed by atoms with van der Waals surface area (Å²) in [6, 6.07) is 6.29. The first-order valence-electron chi connectivity index (χ1n) is 9.16. The Morgan fingerprint density at radius 2 is 1.96 bits per heavy atom. The fraction of sp³-hybridized carbons (Fsp3) is 0.579. The summed E-state index contributed by atoms with van der Waals surface area (Å²) in [6.45, 7) is 0.653. The zero-order valence-electron chi connectivity index (χ0n) is 14.8. The second-order valence-electron chi connectivity index (χ2n) is 7.44. The van der Waals surface area contributed by atoms with Crippen molar-refractivity contribution in [2.75, 3.05) is 6.54 Å². The number of imidazole rings is 1. The van der Waals surface area contributed by atoms with Gasteiger partial charge in [0.25, 0.3) is 0 Å². The fourth-order valence-corrected chi connectivity index (χ4v) is 4.57. The Kier molecular flexibility index (Phi) is 7.33. The first-order chi connectivity index (χ1) is 11.7. The molecule has 1 amide bonds. The highest BCUT2D eigenvalue weighted by Gasteiger charge is 2.40. The maximum Gasteiger partial charge on any atom is 0.223 e. The molecule has 2 aliphatic rings. The van der Waals surface area contributed by atoms with Gasteiger partial charge in [0.2, 0.25) is 5.91 Å². The van der Waals surface area contributed by atoms with Gasteiger partial charge in [0.15, 0.2) is 0 Å². The summed E-state index contributed by atoms with van der Waals surface area (Å²) in [7, 11) is 0. The van der Waals surface area contributed by atoms with Crippen LogP contribution in [-0.2, 0) is 11.2 Å². The lowest BCUT2D eigenvalue weighted by Gasteiger charge is -2.43. The molecule has 3 N–H and O–H groups in total. The van der Waals surface area contributed by atoms with E-state index in [1.54, 1.807) is 0 Å². The predicted molar refractivity (Wildman–Crippen MR) is 108 cm³/mol. The molecule has 0 saturated heterocycles. The Morgan fingerprint density at radius 1 is 1.23 bits per heavy atom. The lowest BCUT2D eigenvalue weighted by Crippen LogP contribution is -2.49. The number of hydrogen-bond acceptors (Lipinski definition) is 3. The van der Waals surface area contributed by atoms with Crippen molar-refractivity contribution in [3.05, 3.63) is 36.3 Å². The lowest BCUT2D eigenvalue weighted by atomic mass is 9.65. The van der Waals surface area contributed by atoms with Crippen LogP contribution in [0.2, 0.25) is 0 Å². The van der Waals surface area contributed by atoms with Crippen LogP contribution in [0.5, 0.6) is 0 Å². The predicted octanol–water partition coefficient (Wildman–Crippen LogP) is 2.99. The first-order valence-corrected chi connectivity index (χ1v) is 9.16. The van der Waals surface area contributed by atoms with Gasteiger partial charge in [-0.05, 0) is 49.7 Å². The van der Waals surface area contributed by atoms with Crippen molar-refractivity contribution < 1.29 is 4.79 Å². The second kappa shape index (κ2) is 9.07. The second-order valence-corrected chi connectivity index (χ2v) is 7.44. The highest BCUT2D eigenvalue weighted by molar-refractivity contribution is 5.85. The SMILES string of the molecule is Cl.Cl.NC1C2CCCC1CC(C(=O)NCCc1cn3ccccc3n1)C2. The number of amides is 1. The minimum atomic E-state index is 0. The van der Waals surface area contributed by atoms with Gasteiger partial charge in [0.05, 0.1) is 5.69 Å². The number of carbonyl (C=O) groups excluding carboxylic acids is 1. The molecule has 0 spiro atoms. The van der Waals surface area contributed by atoms with E-state index >= 15 is 0 Å². The largest absolute Gasteiger partial charge is 0.355 e. The van der Waals surface area contributed by atoms with Gasteiger partial charge in [-0.25, -0.2) is 4.98 Å². The van der Waals surface area contributed by atoms with E-state index in [1.807, 2.05) is 35.0 Å². The van der Waals surface area contributed by atoms with Gasteiger partial charge in [-0.3, -0.25) is 4.79 Å². The first kappa shape index (κ1) is 21.0. The molecule has 2 aliphatic carbocycles. The van der Waals surface area contributed by atoms with Crippen molar-refractivity contribution in [1.82, 2.24) is 14.7 Å². The highest BCUT2D eigenvalue weighted by Crippen LogP contribution is 2.41. The van der Waals surface area contributed by atoms with Gasteiger partial charge >= 0.3 is 0 Å². The highest BCUT2D eigenvalue weighted by atomic mass is 35.5. The van der Waals surface area contributed by atoms with E-state index in [9.17, 15) is 4.79 Å². The monoisotopic (exact) mass is 398 g/mol. The molecule has 2 unspecified atom stereocenters. The Labute approximate surface area is 166 Å². The minimum Gasteiger partial charge on any atom is -0.355 e. The summed E-state index contributed by atoms with van der Waals surface area (Å²) < 4.78 is 2.01. The molecule has 7 heteroatoms. The van der Waals surface area contributed by atoms with Crippen molar-refractivity contribution in [2.45, 2.75) is 44.6 Å². The Morgan fingerprint density at radius 3 is 2.65 bits per heavy atom. The molecule has 2 atom stereocenters. The van der Waals surface area contributed by atoms with Gasteiger partial charge < -0.3 is 15.5 Å². The number of pyridine rings is 1. The molecule has 0 radical (unpaired) electrons. The van der Waals surface area contributed by atoms with Crippen LogP contribution in [0.15, 0.2) is 30.6 Å². The van der Waals surface area contributed by atoms with Crippen LogP contribution in [0, 0.1) is 17.8 Å². The average molecular weight is 399 g/mol. The number of nitrogens with zero attached hydrogens (tertiary/aromatic N) is 2. The van der Waals surface area contributed by atoms with Crippen molar-refractivity contribution >= 4 is 36.4 Å². The molecule has 144 valence electrons. The third-order valence-electron chi connectivity index (χ3n) is 5.88. The lowest BCUT2D eigenvalue weighted by molar-refractivity contribution is -0.127. The van der Waals surface area contributed by atoms with E-state index in [-0.39, 0.29) is 36.6 Å². The molecule has 2 heterocycles.